The molecular formula is C33H37ClN6S. The quantitative estimate of drug-likeness (QED) is 0.241. The van der Waals surface area contributed by atoms with Gasteiger partial charge in [-0.2, -0.15) is 0 Å². The van der Waals surface area contributed by atoms with Crippen LogP contribution < -0.4 is 15.1 Å². The monoisotopic (exact) mass is 584 g/mol. The zero-order chi connectivity index (χ0) is 28.7. The van der Waals surface area contributed by atoms with Gasteiger partial charge < -0.3 is 19.7 Å². The van der Waals surface area contributed by atoms with Crippen molar-refractivity contribution in [2.75, 3.05) is 22.9 Å². The summed E-state index contributed by atoms with van der Waals surface area (Å²) in [7, 11) is 0. The molecule has 0 radical (unpaired) electrons. The molecule has 2 aliphatic heterocycles. The summed E-state index contributed by atoms with van der Waals surface area (Å²) in [5.41, 5.74) is 7.89. The van der Waals surface area contributed by atoms with Gasteiger partial charge in [0.2, 0.25) is 0 Å². The van der Waals surface area contributed by atoms with Gasteiger partial charge >= 0.3 is 0 Å². The number of nitrogens with zero attached hydrogens (tertiary/aromatic N) is 5. The molecule has 4 atom stereocenters. The molecule has 3 aromatic heterocycles. The van der Waals surface area contributed by atoms with E-state index in [1.165, 1.54) is 28.9 Å². The average Bonchev–Trinajstić information content (AvgIpc) is 3.44. The minimum atomic E-state index is -0.110. The Balaban J connectivity index is 1.40. The molecule has 6 nitrogen and oxygen atoms in total. The van der Waals surface area contributed by atoms with E-state index in [1.807, 2.05) is 30.7 Å². The number of thiocarbonyl (C=S) groups is 1. The van der Waals surface area contributed by atoms with Crippen molar-refractivity contribution in [1.29, 1.82) is 0 Å². The summed E-state index contributed by atoms with van der Waals surface area (Å²) in [5, 5.41) is 5.04. The first-order chi connectivity index (χ1) is 19.8. The number of rotatable bonds is 6. The number of hydrogen-bond acceptors (Lipinski definition) is 4. The molecule has 2 aliphatic rings. The number of aromatic nitrogens is 3. The Morgan fingerprint density at radius 3 is 2.41 bits per heavy atom. The summed E-state index contributed by atoms with van der Waals surface area (Å²) in [4.78, 5) is 13.6. The predicted molar refractivity (Wildman–Crippen MR) is 172 cm³/mol. The minimum Gasteiger partial charge on any atom is -0.370 e. The lowest BCUT2D eigenvalue weighted by Crippen LogP contribution is -2.38. The summed E-state index contributed by atoms with van der Waals surface area (Å²) in [6.07, 6.45) is 6.80. The van der Waals surface area contributed by atoms with Crippen LogP contribution in [-0.2, 0) is 6.54 Å². The Kier molecular flexibility index (Phi) is 7.75. The fourth-order valence-electron chi connectivity index (χ4n) is 6.75. The molecule has 41 heavy (non-hydrogen) atoms. The van der Waals surface area contributed by atoms with Crippen molar-refractivity contribution in [3.05, 3.63) is 106 Å². The number of pyridine rings is 2. The number of hydrogen-bond donors (Lipinski definition) is 1. The highest BCUT2D eigenvalue weighted by Gasteiger charge is 2.42. The number of aryl methyl sites for hydroxylation is 1. The van der Waals surface area contributed by atoms with E-state index in [2.05, 4.69) is 94.8 Å². The fraction of sp³-hybridized carbons (Fsp3) is 0.364. The largest absolute Gasteiger partial charge is 0.370 e. The van der Waals surface area contributed by atoms with Crippen LogP contribution in [0.4, 0.5) is 11.4 Å². The van der Waals surface area contributed by atoms with E-state index in [1.54, 1.807) is 0 Å². The van der Waals surface area contributed by atoms with Crippen LogP contribution >= 0.6 is 23.8 Å². The normalized spacial score (nSPS) is 22.7. The third kappa shape index (κ3) is 5.45. The molecule has 0 bridgehead atoms. The first-order valence-electron chi connectivity index (χ1n) is 14.4. The molecule has 5 heterocycles. The molecule has 2 saturated heterocycles. The highest BCUT2D eigenvalue weighted by molar-refractivity contribution is 7.80. The third-order valence-electron chi connectivity index (χ3n) is 8.54. The highest BCUT2D eigenvalue weighted by Crippen LogP contribution is 2.45. The van der Waals surface area contributed by atoms with Gasteiger partial charge in [0, 0.05) is 55.3 Å². The van der Waals surface area contributed by atoms with Crippen LogP contribution in [-0.4, -0.2) is 32.7 Å². The molecule has 1 aromatic carbocycles. The molecule has 4 aromatic rings. The van der Waals surface area contributed by atoms with E-state index in [4.69, 9.17) is 28.8 Å². The molecule has 8 heteroatoms. The predicted octanol–water partition coefficient (Wildman–Crippen LogP) is 7.26. The number of piperidine rings is 1. The van der Waals surface area contributed by atoms with E-state index in [0.717, 1.165) is 41.7 Å². The Bertz CT molecular complexity index is 1530. The zero-order valence-corrected chi connectivity index (χ0v) is 25.7. The van der Waals surface area contributed by atoms with Crippen LogP contribution in [0.5, 0.6) is 0 Å². The van der Waals surface area contributed by atoms with Gasteiger partial charge in [0.1, 0.15) is 0 Å². The van der Waals surface area contributed by atoms with Crippen molar-refractivity contribution >= 4 is 40.3 Å². The Morgan fingerprint density at radius 2 is 1.73 bits per heavy atom. The summed E-state index contributed by atoms with van der Waals surface area (Å²) in [5.74, 6) is 1.30. The maximum Gasteiger partial charge on any atom is 0.174 e. The maximum absolute atomic E-state index is 7.03. The Hall–Kier alpha value is -3.42. The summed E-state index contributed by atoms with van der Waals surface area (Å²) < 4.78 is 2.37. The summed E-state index contributed by atoms with van der Waals surface area (Å²) in [6.45, 7) is 11.9. The summed E-state index contributed by atoms with van der Waals surface area (Å²) >= 11 is 13.0. The molecular weight excluding hydrogens is 548 g/mol. The summed E-state index contributed by atoms with van der Waals surface area (Å²) in [6, 6.07) is 18.7. The van der Waals surface area contributed by atoms with Crippen LogP contribution in [0.2, 0.25) is 5.02 Å². The van der Waals surface area contributed by atoms with E-state index >= 15 is 0 Å². The van der Waals surface area contributed by atoms with Gasteiger partial charge in [0.15, 0.2) is 5.11 Å². The molecule has 0 saturated carbocycles. The van der Waals surface area contributed by atoms with Gasteiger partial charge in [-0.05, 0) is 104 Å². The molecule has 1 N–H and O–H groups in total. The van der Waals surface area contributed by atoms with Gasteiger partial charge in [0.25, 0.3) is 0 Å². The average molecular weight is 585 g/mol. The van der Waals surface area contributed by atoms with Crippen molar-refractivity contribution in [3.8, 4) is 0 Å². The van der Waals surface area contributed by atoms with Crippen molar-refractivity contribution in [3.63, 3.8) is 0 Å². The Morgan fingerprint density at radius 1 is 0.976 bits per heavy atom. The van der Waals surface area contributed by atoms with E-state index < -0.39 is 0 Å². The third-order valence-corrected chi connectivity index (χ3v) is 9.16. The van der Waals surface area contributed by atoms with Crippen molar-refractivity contribution in [2.24, 2.45) is 11.8 Å². The second-order valence-corrected chi connectivity index (χ2v) is 12.5. The van der Waals surface area contributed by atoms with Crippen LogP contribution in [0.25, 0.3) is 0 Å². The lowest BCUT2D eigenvalue weighted by atomic mass is 9.91. The molecule has 0 aliphatic carbocycles. The van der Waals surface area contributed by atoms with Crippen LogP contribution in [0.15, 0.2) is 73.2 Å². The van der Waals surface area contributed by atoms with E-state index in [0.29, 0.717) is 16.9 Å². The Labute approximate surface area is 253 Å². The first kappa shape index (κ1) is 27.7. The van der Waals surface area contributed by atoms with Gasteiger partial charge in [-0.3, -0.25) is 9.97 Å². The number of halogens is 1. The second-order valence-electron chi connectivity index (χ2n) is 11.8. The van der Waals surface area contributed by atoms with Gasteiger partial charge in [0.05, 0.1) is 28.5 Å². The smallest absolute Gasteiger partial charge is 0.174 e. The lowest BCUT2D eigenvalue weighted by molar-refractivity contribution is 0.357. The van der Waals surface area contributed by atoms with Crippen molar-refractivity contribution in [1.82, 2.24) is 19.9 Å². The molecule has 0 unspecified atom stereocenters. The van der Waals surface area contributed by atoms with Crippen LogP contribution in [0.1, 0.15) is 60.6 Å². The van der Waals surface area contributed by atoms with Crippen LogP contribution in [0.3, 0.4) is 0 Å². The number of anilines is 2. The fourth-order valence-corrected chi connectivity index (χ4v) is 7.39. The van der Waals surface area contributed by atoms with E-state index in [-0.39, 0.29) is 12.1 Å². The lowest BCUT2D eigenvalue weighted by Gasteiger charge is -2.37. The minimum absolute atomic E-state index is 0.0910. The molecule has 6 rings (SSSR count). The molecule has 0 amide bonds. The standard InChI is InChI=1S/C33H37ClN6S/c1-21-15-22(2)19-38(18-21)30-9-8-26(17-28(30)34)40-32(31(37-33(40)41)29-7-5-6-12-36-29)27-16-23(3)39(24(27)4)20-25-10-13-35-14-11-25/h5-14,16-17,21-22,31-32H,15,18-20H2,1-4H3,(H,37,41)/t21-,22-,31-,32+/m0/s1. The van der Waals surface area contributed by atoms with Gasteiger partial charge in [-0.1, -0.05) is 31.5 Å². The first-order valence-corrected chi connectivity index (χ1v) is 15.2. The SMILES string of the molecule is Cc1cc([C@@H]2[C@H](c3ccccn3)NC(=S)N2c2ccc(N3C[C@@H](C)C[C@H](C)C3)c(Cl)c2)c(C)n1Cc1ccncc1. The topological polar surface area (TPSA) is 49.2 Å². The molecule has 2 fully saturated rings. The maximum atomic E-state index is 7.03. The molecule has 0 spiro atoms. The number of nitrogens with one attached hydrogen (secondary N) is 1. The second kappa shape index (κ2) is 11.5. The van der Waals surface area contributed by atoms with E-state index in [9.17, 15) is 0 Å². The van der Waals surface area contributed by atoms with Crippen molar-refractivity contribution in [2.45, 2.75) is 52.7 Å². The highest BCUT2D eigenvalue weighted by atomic mass is 35.5. The molecule has 212 valence electrons. The van der Waals surface area contributed by atoms with Crippen molar-refractivity contribution < 1.29 is 0 Å². The van der Waals surface area contributed by atoms with Gasteiger partial charge in [-0.15, -0.1) is 0 Å². The number of benzene rings is 1. The van der Waals surface area contributed by atoms with Gasteiger partial charge in [-0.25, -0.2) is 0 Å². The zero-order valence-electron chi connectivity index (χ0n) is 24.1. The van der Waals surface area contributed by atoms with Crippen LogP contribution in [0, 0.1) is 25.7 Å².